The number of benzene rings is 1. The third-order valence-corrected chi connectivity index (χ3v) is 3.15. The Morgan fingerprint density at radius 3 is 2.73 bits per heavy atom. The van der Waals surface area contributed by atoms with E-state index in [0.29, 0.717) is 0 Å². The molecule has 0 spiro atoms. The number of rotatable bonds is 1. The van der Waals surface area contributed by atoms with Crippen LogP contribution < -0.4 is 0 Å². The minimum Gasteiger partial charge on any atom is -0.264 e. The van der Waals surface area contributed by atoms with Gasteiger partial charge in [-0.05, 0) is 12.1 Å². The molecule has 0 aromatic heterocycles. The zero-order valence-corrected chi connectivity index (χ0v) is 9.96. The van der Waals surface area contributed by atoms with E-state index in [4.69, 9.17) is 11.6 Å². The molecule has 0 radical (unpaired) electrons. The standard InChI is InChI=1S/C12H16ClN2/c1-14-8-5-9-15(2)12(14)10-6-3-4-7-11(10)13/h3-4,6-7H,5,8-9H2,1-2H3/q+1. The minimum absolute atomic E-state index is 0.827. The lowest BCUT2D eigenvalue weighted by Gasteiger charge is -2.22. The second-order valence-corrected chi connectivity index (χ2v) is 4.41. The number of hydrogen-bond donors (Lipinski definition) is 0. The molecule has 1 aromatic rings. The molecule has 0 saturated heterocycles. The van der Waals surface area contributed by atoms with Crippen LogP contribution >= 0.6 is 11.6 Å². The van der Waals surface area contributed by atoms with E-state index in [0.717, 1.165) is 23.7 Å². The lowest BCUT2D eigenvalue weighted by Crippen LogP contribution is -2.41. The van der Waals surface area contributed by atoms with Crippen LogP contribution in [0.25, 0.3) is 0 Å². The molecule has 2 nitrogen and oxygen atoms in total. The second-order valence-electron chi connectivity index (χ2n) is 4.00. The normalized spacial score (nSPS) is 17.1. The number of halogens is 1. The summed E-state index contributed by atoms with van der Waals surface area (Å²) in [6, 6.07) is 8.02. The zero-order valence-electron chi connectivity index (χ0n) is 9.20. The minimum atomic E-state index is 0.827. The molecule has 0 aliphatic carbocycles. The Morgan fingerprint density at radius 2 is 2.07 bits per heavy atom. The molecule has 1 aliphatic heterocycles. The first-order chi connectivity index (χ1) is 7.20. The molecule has 3 heteroatoms. The summed E-state index contributed by atoms with van der Waals surface area (Å²) in [5.74, 6) is 1.23. The molecular formula is C12H16ClN2+. The van der Waals surface area contributed by atoms with E-state index in [1.54, 1.807) is 0 Å². The molecule has 0 bridgehead atoms. The maximum atomic E-state index is 6.21. The smallest absolute Gasteiger partial charge is 0.264 e. The fraction of sp³-hybridized carbons (Fsp3) is 0.417. The maximum Gasteiger partial charge on any atom is 0.280 e. The van der Waals surface area contributed by atoms with Gasteiger partial charge in [0.25, 0.3) is 5.84 Å². The van der Waals surface area contributed by atoms with E-state index in [9.17, 15) is 0 Å². The summed E-state index contributed by atoms with van der Waals surface area (Å²) in [6.45, 7) is 2.20. The summed E-state index contributed by atoms with van der Waals surface area (Å²) in [5, 5.41) is 0.827. The molecule has 0 unspecified atom stereocenters. The third-order valence-electron chi connectivity index (χ3n) is 2.82. The van der Waals surface area contributed by atoms with Gasteiger partial charge in [0.15, 0.2) is 0 Å². The van der Waals surface area contributed by atoms with Crippen molar-refractivity contribution in [3.63, 3.8) is 0 Å². The van der Waals surface area contributed by atoms with Gasteiger partial charge in [0.1, 0.15) is 0 Å². The van der Waals surface area contributed by atoms with Crippen molar-refractivity contribution in [3.8, 4) is 0 Å². The topological polar surface area (TPSA) is 6.25 Å². The predicted molar refractivity (Wildman–Crippen MR) is 63.9 cm³/mol. The van der Waals surface area contributed by atoms with Crippen molar-refractivity contribution in [1.82, 2.24) is 4.90 Å². The average Bonchev–Trinajstić information content (AvgIpc) is 2.20. The first-order valence-corrected chi connectivity index (χ1v) is 5.62. The van der Waals surface area contributed by atoms with E-state index in [2.05, 4.69) is 29.6 Å². The summed E-state index contributed by atoms with van der Waals surface area (Å²) in [6.07, 6.45) is 1.21. The van der Waals surface area contributed by atoms with E-state index in [1.807, 2.05) is 18.2 Å². The van der Waals surface area contributed by atoms with Gasteiger partial charge in [-0.3, -0.25) is 9.48 Å². The number of nitrogens with zero attached hydrogens (tertiary/aromatic N) is 2. The van der Waals surface area contributed by atoms with E-state index >= 15 is 0 Å². The molecule has 80 valence electrons. The van der Waals surface area contributed by atoms with Crippen molar-refractivity contribution in [2.75, 3.05) is 27.2 Å². The fourth-order valence-corrected chi connectivity index (χ4v) is 2.32. The van der Waals surface area contributed by atoms with Gasteiger partial charge in [0.05, 0.1) is 37.8 Å². The van der Waals surface area contributed by atoms with Crippen LogP contribution in [-0.4, -0.2) is 42.5 Å². The van der Waals surface area contributed by atoms with Gasteiger partial charge in [-0.2, -0.15) is 0 Å². The third kappa shape index (κ3) is 2.00. The van der Waals surface area contributed by atoms with Crippen molar-refractivity contribution in [2.24, 2.45) is 0 Å². The van der Waals surface area contributed by atoms with Crippen LogP contribution in [0.3, 0.4) is 0 Å². The summed E-state index contributed by atoms with van der Waals surface area (Å²) in [4.78, 5) is 2.27. The quantitative estimate of drug-likeness (QED) is 0.661. The van der Waals surface area contributed by atoms with Crippen molar-refractivity contribution in [3.05, 3.63) is 34.9 Å². The van der Waals surface area contributed by atoms with Crippen LogP contribution in [0.1, 0.15) is 12.0 Å². The van der Waals surface area contributed by atoms with Gasteiger partial charge in [-0.1, -0.05) is 23.7 Å². The first kappa shape index (κ1) is 10.5. The van der Waals surface area contributed by atoms with Crippen LogP contribution in [0.2, 0.25) is 5.02 Å². The molecule has 1 aliphatic rings. The van der Waals surface area contributed by atoms with E-state index in [1.165, 1.54) is 12.3 Å². The Kier molecular flexibility index (Phi) is 2.96. The van der Waals surface area contributed by atoms with Gasteiger partial charge in [-0.25, -0.2) is 0 Å². The summed E-state index contributed by atoms with van der Waals surface area (Å²) in [5.41, 5.74) is 1.13. The van der Waals surface area contributed by atoms with Gasteiger partial charge < -0.3 is 0 Å². The van der Waals surface area contributed by atoms with Gasteiger partial charge >= 0.3 is 0 Å². The lowest BCUT2D eigenvalue weighted by molar-refractivity contribution is -0.507. The number of hydrogen-bond acceptors (Lipinski definition) is 1. The molecule has 2 rings (SSSR count). The second kappa shape index (κ2) is 4.23. The molecule has 1 aromatic carbocycles. The van der Waals surface area contributed by atoms with Crippen molar-refractivity contribution < 1.29 is 4.58 Å². The Bertz CT molecular complexity index is 398. The largest absolute Gasteiger partial charge is 0.280 e. The zero-order chi connectivity index (χ0) is 10.8. The summed E-state index contributed by atoms with van der Waals surface area (Å²) >= 11 is 6.21. The van der Waals surface area contributed by atoms with Gasteiger partial charge in [0, 0.05) is 6.42 Å². The lowest BCUT2D eigenvalue weighted by atomic mass is 10.1. The predicted octanol–water partition coefficient (Wildman–Crippen LogP) is 2.06. The van der Waals surface area contributed by atoms with Gasteiger partial charge in [0.2, 0.25) is 0 Å². The van der Waals surface area contributed by atoms with Crippen molar-refractivity contribution >= 4 is 17.4 Å². The molecule has 0 amide bonds. The Balaban J connectivity index is 2.49. The summed E-state index contributed by atoms with van der Waals surface area (Å²) < 4.78 is 2.27. The molecule has 0 saturated carbocycles. The van der Waals surface area contributed by atoms with Crippen molar-refractivity contribution in [1.29, 1.82) is 0 Å². The highest BCUT2D eigenvalue weighted by Crippen LogP contribution is 2.18. The van der Waals surface area contributed by atoms with E-state index in [-0.39, 0.29) is 0 Å². The monoisotopic (exact) mass is 223 g/mol. The highest BCUT2D eigenvalue weighted by molar-refractivity contribution is 6.33. The highest BCUT2D eigenvalue weighted by Gasteiger charge is 2.25. The number of amidine groups is 1. The molecule has 0 N–H and O–H groups in total. The fourth-order valence-electron chi connectivity index (χ4n) is 2.10. The van der Waals surface area contributed by atoms with E-state index < -0.39 is 0 Å². The molecule has 15 heavy (non-hydrogen) atoms. The molecule has 0 atom stereocenters. The van der Waals surface area contributed by atoms with Gasteiger partial charge in [-0.15, -0.1) is 0 Å². The SMILES string of the molecule is CN1CCC[N+](C)=C1c1ccccc1Cl. The highest BCUT2D eigenvalue weighted by atomic mass is 35.5. The Morgan fingerprint density at radius 1 is 1.33 bits per heavy atom. The Hall–Kier alpha value is -1.02. The molecule has 1 heterocycles. The van der Waals surface area contributed by atoms with Crippen LogP contribution in [0.4, 0.5) is 0 Å². The van der Waals surface area contributed by atoms with Crippen molar-refractivity contribution in [2.45, 2.75) is 6.42 Å². The Labute approximate surface area is 95.8 Å². The first-order valence-electron chi connectivity index (χ1n) is 5.24. The van der Waals surface area contributed by atoms with Crippen LogP contribution in [0.15, 0.2) is 24.3 Å². The van der Waals surface area contributed by atoms with Crippen LogP contribution in [-0.2, 0) is 0 Å². The maximum absolute atomic E-state index is 6.21. The molecular weight excluding hydrogens is 208 g/mol. The average molecular weight is 224 g/mol. The van der Waals surface area contributed by atoms with Crippen LogP contribution in [0.5, 0.6) is 0 Å². The molecule has 0 fully saturated rings. The summed E-state index contributed by atoms with van der Waals surface area (Å²) in [7, 11) is 4.24. The van der Waals surface area contributed by atoms with Crippen LogP contribution in [0, 0.1) is 0 Å².